The van der Waals surface area contributed by atoms with Crippen LogP contribution >= 0.6 is 0 Å². The smallest absolute Gasteiger partial charge is 0.207 e. The van der Waals surface area contributed by atoms with Gasteiger partial charge in [0.2, 0.25) is 0 Å². The number of hydrogen-bond donors (Lipinski definition) is 0. The molecule has 6 heteroatoms. The van der Waals surface area contributed by atoms with Crippen LogP contribution in [0.1, 0.15) is 17.7 Å². The van der Waals surface area contributed by atoms with Crippen molar-refractivity contribution in [3.8, 4) is 0 Å². The molecular formula is C9H6F3N3. The summed E-state index contributed by atoms with van der Waals surface area (Å²) in [6, 6.07) is 1.89. The van der Waals surface area contributed by atoms with Gasteiger partial charge in [0.15, 0.2) is 0 Å². The Balaban J connectivity index is 2.86. The van der Waals surface area contributed by atoms with E-state index < -0.39 is 17.8 Å². The zero-order valence-corrected chi connectivity index (χ0v) is 7.71. The van der Waals surface area contributed by atoms with Crippen LogP contribution < -0.4 is 0 Å². The van der Waals surface area contributed by atoms with Gasteiger partial charge in [-0.15, -0.1) is 10.2 Å². The molecule has 3 nitrogen and oxygen atoms in total. The topological polar surface area (TPSA) is 38.7 Å². The Morgan fingerprint density at radius 1 is 1.20 bits per heavy atom. The molecule has 0 bridgehead atoms. The summed E-state index contributed by atoms with van der Waals surface area (Å²) >= 11 is 0. The van der Waals surface area contributed by atoms with E-state index in [1.54, 1.807) is 6.92 Å². The highest BCUT2D eigenvalue weighted by atomic mass is 19.3. The fourth-order valence-electron chi connectivity index (χ4n) is 1.36. The Morgan fingerprint density at radius 2 is 1.93 bits per heavy atom. The number of alkyl halides is 2. The third-order valence-corrected chi connectivity index (χ3v) is 2.07. The van der Waals surface area contributed by atoms with Crippen LogP contribution in [0.2, 0.25) is 0 Å². The Morgan fingerprint density at radius 3 is 2.60 bits per heavy atom. The van der Waals surface area contributed by atoms with Gasteiger partial charge in [-0.1, -0.05) is 0 Å². The maximum Gasteiger partial charge on any atom is 0.266 e. The molecule has 0 aliphatic rings. The number of aryl methyl sites for hydroxylation is 1. The monoisotopic (exact) mass is 213 g/mol. The lowest BCUT2D eigenvalue weighted by Gasteiger charge is -2.05. The summed E-state index contributed by atoms with van der Waals surface area (Å²) in [5, 5.41) is 10.7. The predicted octanol–water partition coefficient (Wildman–Crippen LogP) is 2.41. The maximum atomic E-state index is 13.0. The molecule has 0 spiro atoms. The quantitative estimate of drug-likeness (QED) is 0.730. The van der Waals surface area contributed by atoms with Crippen molar-refractivity contribution in [1.29, 1.82) is 0 Å². The number of benzene rings is 1. The second kappa shape index (κ2) is 3.45. The highest BCUT2D eigenvalue weighted by Crippen LogP contribution is 2.27. The van der Waals surface area contributed by atoms with E-state index in [0.29, 0.717) is 5.69 Å². The molecule has 1 aromatic carbocycles. The van der Waals surface area contributed by atoms with E-state index in [9.17, 15) is 13.2 Å². The van der Waals surface area contributed by atoms with Gasteiger partial charge in [-0.25, -0.2) is 13.2 Å². The lowest BCUT2D eigenvalue weighted by molar-refractivity contribution is 0.152. The van der Waals surface area contributed by atoms with E-state index >= 15 is 0 Å². The molecule has 0 aliphatic carbocycles. The lowest BCUT2D eigenvalue weighted by Crippen LogP contribution is -1.98. The highest BCUT2D eigenvalue weighted by molar-refractivity contribution is 5.83. The molecule has 0 atom stereocenters. The van der Waals surface area contributed by atoms with Crippen molar-refractivity contribution in [3.63, 3.8) is 0 Å². The zero-order chi connectivity index (χ0) is 11.0. The van der Waals surface area contributed by atoms with Crippen LogP contribution in [-0.2, 0) is 0 Å². The first-order chi connectivity index (χ1) is 7.09. The van der Waals surface area contributed by atoms with E-state index in [0.717, 1.165) is 12.1 Å². The van der Waals surface area contributed by atoms with Crippen molar-refractivity contribution in [2.45, 2.75) is 13.3 Å². The summed E-state index contributed by atoms with van der Waals surface area (Å²) in [4.78, 5) is 0. The molecule has 0 radical (unpaired) electrons. The van der Waals surface area contributed by atoms with E-state index in [1.165, 1.54) is 0 Å². The Hall–Kier alpha value is -1.72. The Kier molecular flexibility index (Phi) is 2.26. The predicted molar refractivity (Wildman–Crippen MR) is 47.0 cm³/mol. The first kappa shape index (κ1) is 9.82. The van der Waals surface area contributed by atoms with Gasteiger partial charge in [0, 0.05) is 10.9 Å². The van der Waals surface area contributed by atoms with Crippen LogP contribution in [0.15, 0.2) is 12.1 Å². The van der Waals surface area contributed by atoms with Crippen LogP contribution in [0.25, 0.3) is 10.9 Å². The Labute approximate surface area is 82.9 Å². The second-order valence-electron chi connectivity index (χ2n) is 3.07. The minimum atomic E-state index is -2.78. The van der Waals surface area contributed by atoms with Crippen LogP contribution in [0.3, 0.4) is 0 Å². The van der Waals surface area contributed by atoms with Crippen LogP contribution in [0.5, 0.6) is 0 Å². The maximum absolute atomic E-state index is 13.0. The number of rotatable bonds is 1. The molecule has 2 aromatic rings. The first-order valence-electron chi connectivity index (χ1n) is 4.17. The molecule has 0 amide bonds. The molecule has 0 N–H and O–H groups in total. The number of halogens is 3. The fourth-order valence-corrected chi connectivity index (χ4v) is 1.36. The molecule has 0 saturated carbocycles. The molecule has 15 heavy (non-hydrogen) atoms. The summed E-state index contributed by atoms with van der Waals surface area (Å²) < 4.78 is 38.1. The van der Waals surface area contributed by atoms with E-state index in [-0.39, 0.29) is 10.9 Å². The van der Waals surface area contributed by atoms with E-state index in [1.807, 2.05) is 0 Å². The molecular weight excluding hydrogens is 207 g/mol. The minimum Gasteiger partial charge on any atom is -0.207 e. The third-order valence-electron chi connectivity index (χ3n) is 2.07. The summed E-state index contributed by atoms with van der Waals surface area (Å²) in [7, 11) is 0. The molecule has 1 heterocycles. The van der Waals surface area contributed by atoms with Crippen molar-refractivity contribution in [1.82, 2.24) is 15.4 Å². The zero-order valence-electron chi connectivity index (χ0n) is 7.71. The molecule has 78 valence electrons. The van der Waals surface area contributed by atoms with Gasteiger partial charge in [0.1, 0.15) is 11.3 Å². The molecule has 1 aromatic heterocycles. The van der Waals surface area contributed by atoms with Crippen LogP contribution in [0, 0.1) is 12.7 Å². The average Bonchev–Trinajstić information content (AvgIpc) is 2.18. The fraction of sp³-hybridized carbons (Fsp3) is 0.222. The normalized spacial score (nSPS) is 11.3. The van der Waals surface area contributed by atoms with E-state index in [4.69, 9.17) is 0 Å². The molecule has 0 unspecified atom stereocenters. The van der Waals surface area contributed by atoms with Crippen molar-refractivity contribution >= 4 is 10.9 Å². The van der Waals surface area contributed by atoms with Crippen molar-refractivity contribution in [2.75, 3.05) is 0 Å². The first-order valence-corrected chi connectivity index (χ1v) is 4.17. The van der Waals surface area contributed by atoms with Crippen molar-refractivity contribution in [2.24, 2.45) is 0 Å². The van der Waals surface area contributed by atoms with Gasteiger partial charge in [-0.3, -0.25) is 0 Å². The van der Waals surface area contributed by atoms with Gasteiger partial charge >= 0.3 is 0 Å². The highest BCUT2D eigenvalue weighted by Gasteiger charge is 2.16. The number of nitrogens with zero attached hydrogens (tertiary/aromatic N) is 3. The number of aromatic nitrogens is 3. The second-order valence-corrected chi connectivity index (χ2v) is 3.07. The summed E-state index contributed by atoms with van der Waals surface area (Å²) in [6.45, 7) is 1.56. The van der Waals surface area contributed by atoms with Gasteiger partial charge in [-0.05, 0) is 24.3 Å². The average molecular weight is 213 g/mol. The standard InChI is InChI=1S/C9H6F3N3/c1-4-6-2-5(10)3-7(9(11)12)8(6)14-15-13-4/h2-3,9H,1H3. The molecule has 2 rings (SSSR count). The van der Waals surface area contributed by atoms with E-state index in [2.05, 4.69) is 15.4 Å². The van der Waals surface area contributed by atoms with Gasteiger partial charge in [0.25, 0.3) is 6.43 Å². The third kappa shape index (κ3) is 1.62. The van der Waals surface area contributed by atoms with Gasteiger partial charge < -0.3 is 0 Å². The molecule has 0 fully saturated rings. The molecule has 0 aliphatic heterocycles. The van der Waals surface area contributed by atoms with Crippen LogP contribution in [0.4, 0.5) is 13.2 Å². The van der Waals surface area contributed by atoms with Gasteiger partial charge in [0.05, 0.1) is 5.69 Å². The molecule has 0 saturated heterocycles. The number of fused-ring (bicyclic) bond motifs is 1. The summed E-state index contributed by atoms with van der Waals surface area (Å²) in [5.74, 6) is -0.726. The SMILES string of the molecule is Cc1nnnc2c(C(F)F)cc(F)cc12. The Bertz CT molecular complexity index is 513. The minimum absolute atomic E-state index is 0.00102. The lowest BCUT2D eigenvalue weighted by atomic mass is 10.1. The largest absolute Gasteiger partial charge is 0.266 e. The van der Waals surface area contributed by atoms with Crippen molar-refractivity contribution < 1.29 is 13.2 Å². The summed E-state index contributed by atoms with van der Waals surface area (Å²) in [6.07, 6.45) is -2.78. The number of hydrogen-bond acceptors (Lipinski definition) is 3. The van der Waals surface area contributed by atoms with Crippen molar-refractivity contribution in [3.05, 3.63) is 29.2 Å². The van der Waals surface area contributed by atoms with Gasteiger partial charge in [-0.2, -0.15) is 0 Å². The van der Waals surface area contributed by atoms with Crippen LogP contribution in [-0.4, -0.2) is 15.4 Å². The summed E-state index contributed by atoms with van der Waals surface area (Å²) in [5.41, 5.74) is -0.0803.